The van der Waals surface area contributed by atoms with Crippen molar-refractivity contribution < 1.29 is 42.5 Å². The highest BCUT2D eigenvalue weighted by Crippen LogP contribution is 2.27. The molecule has 0 aromatic rings. The summed E-state index contributed by atoms with van der Waals surface area (Å²) >= 11 is 0. The molecular weight excluding hydrogens is 449 g/mol. The second kappa shape index (κ2) is 12.4. The molecule has 0 unspecified atom stereocenters. The Hall–Kier alpha value is -2.83. The summed E-state index contributed by atoms with van der Waals surface area (Å²) in [7, 11) is 0. The smallest absolute Gasteiger partial charge is 0.478 e. The highest BCUT2D eigenvalue weighted by molar-refractivity contribution is 5.87. The normalized spacial score (nSPS) is 23.2. The maximum Gasteiger partial charge on any atom is 0.490 e. The number of rotatable bonds is 8. The third-order valence-electron chi connectivity index (χ3n) is 4.94. The van der Waals surface area contributed by atoms with Crippen LogP contribution in [0, 0.1) is 0 Å². The number of ether oxygens (including phenoxy) is 1. The molecule has 0 aromatic carbocycles. The van der Waals surface area contributed by atoms with Gasteiger partial charge in [0, 0.05) is 25.0 Å². The molecule has 0 saturated heterocycles. The number of nitrogens with one attached hydrogen (secondary N) is 2. The van der Waals surface area contributed by atoms with E-state index in [1.165, 1.54) is 6.92 Å². The van der Waals surface area contributed by atoms with Crippen molar-refractivity contribution in [2.75, 3.05) is 0 Å². The summed E-state index contributed by atoms with van der Waals surface area (Å²) in [6.07, 6.45) is -0.176. The summed E-state index contributed by atoms with van der Waals surface area (Å²) in [5.74, 6) is -3.69. The molecule has 0 aromatic heterocycles. The van der Waals surface area contributed by atoms with Gasteiger partial charge in [-0.1, -0.05) is 13.8 Å². The van der Waals surface area contributed by atoms with Gasteiger partial charge < -0.3 is 31.3 Å². The Kier molecular flexibility index (Phi) is 10.6. The molecule has 0 bridgehead atoms. The standard InChI is InChI=1S/C18H30N4O4.C2HF3O2/c1-4-13(5-2)26-15-9-11(17(24)25)8-14(16(15)20-10(3)23)22-18(19)21-12-6-7-12;3-2(4,5)1(6)7/h9,12-16H,4-8H2,1-3H3,(H,20,23)(H,24,25)(H3,19,21,22);(H,6,7)/t14-,15+,16+;/m0./s1. The van der Waals surface area contributed by atoms with Gasteiger partial charge in [0.25, 0.3) is 0 Å². The number of aliphatic imine (C=N–C) groups is 1. The Labute approximate surface area is 189 Å². The van der Waals surface area contributed by atoms with E-state index in [-0.39, 0.29) is 30.0 Å². The third-order valence-corrected chi connectivity index (χ3v) is 4.94. The van der Waals surface area contributed by atoms with Crippen LogP contribution in [-0.4, -0.2) is 70.5 Å². The molecule has 0 spiro atoms. The zero-order valence-corrected chi connectivity index (χ0v) is 18.7. The van der Waals surface area contributed by atoms with Crippen LogP contribution in [0.2, 0.25) is 0 Å². The molecule has 0 radical (unpaired) electrons. The molecule has 33 heavy (non-hydrogen) atoms. The molecule has 10 nitrogen and oxygen atoms in total. The van der Waals surface area contributed by atoms with Gasteiger partial charge in [-0.3, -0.25) is 4.79 Å². The first-order valence-electron chi connectivity index (χ1n) is 10.5. The van der Waals surface area contributed by atoms with Crippen LogP contribution in [0.4, 0.5) is 13.2 Å². The van der Waals surface area contributed by atoms with Crippen LogP contribution in [0.3, 0.4) is 0 Å². The lowest BCUT2D eigenvalue weighted by atomic mass is 9.88. The average molecular weight is 480 g/mol. The van der Waals surface area contributed by atoms with Crippen molar-refractivity contribution in [3.63, 3.8) is 0 Å². The zero-order chi connectivity index (χ0) is 25.3. The fraction of sp³-hybridized carbons (Fsp3) is 0.700. The number of guanidine groups is 1. The molecule has 3 atom stereocenters. The molecule has 188 valence electrons. The van der Waals surface area contributed by atoms with Crippen molar-refractivity contribution in [3.05, 3.63) is 11.6 Å². The number of carbonyl (C=O) groups excluding carboxylic acids is 1. The number of carboxylic acid groups (broad SMARTS) is 2. The Morgan fingerprint density at radius 2 is 1.76 bits per heavy atom. The highest BCUT2D eigenvalue weighted by Gasteiger charge is 2.39. The molecule has 1 saturated carbocycles. The van der Waals surface area contributed by atoms with Crippen LogP contribution in [0.15, 0.2) is 16.6 Å². The molecule has 1 fully saturated rings. The summed E-state index contributed by atoms with van der Waals surface area (Å²) in [5.41, 5.74) is 6.21. The zero-order valence-electron chi connectivity index (χ0n) is 18.7. The molecule has 13 heteroatoms. The fourth-order valence-corrected chi connectivity index (χ4v) is 3.12. The van der Waals surface area contributed by atoms with Crippen molar-refractivity contribution in [2.45, 2.75) is 89.4 Å². The lowest BCUT2D eigenvalue weighted by molar-refractivity contribution is -0.192. The number of halogens is 3. The largest absolute Gasteiger partial charge is 0.490 e. The van der Waals surface area contributed by atoms with Gasteiger partial charge in [0.1, 0.15) is 0 Å². The van der Waals surface area contributed by atoms with E-state index in [2.05, 4.69) is 15.6 Å². The highest BCUT2D eigenvalue weighted by atomic mass is 19.4. The Balaban J connectivity index is 0.000000675. The van der Waals surface area contributed by atoms with Crippen molar-refractivity contribution in [2.24, 2.45) is 10.7 Å². The number of alkyl halides is 3. The first kappa shape index (κ1) is 28.2. The van der Waals surface area contributed by atoms with Gasteiger partial charge in [-0.2, -0.15) is 13.2 Å². The van der Waals surface area contributed by atoms with Crippen LogP contribution in [-0.2, 0) is 19.1 Å². The van der Waals surface area contributed by atoms with Gasteiger partial charge in [-0.15, -0.1) is 0 Å². The molecule has 0 heterocycles. The predicted molar refractivity (Wildman–Crippen MR) is 112 cm³/mol. The second-order valence-corrected chi connectivity index (χ2v) is 7.77. The summed E-state index contributed by atoms with van der Waals surface area (Å²) in [4.78, 5) is 36.7. The Morgan fingerprint density at radius 3 is 2.15 bits per heavy atom. The van der Waals surface area contributed by atoms with E-state index >= 15 is 0 Å². The molecule has 2 rings (SSSR count). The van der Waals surface area contributed by atoms with E-state index < -0.39 is 36.3 Å². The van der Waals surface area contributed by atoms with Gasteiger partial charge in [0.2, 0.25) is 5.91 Å². The predicted octanol–water partition coefficient (Wildman–Crippen LogP) is 1.55. The molecule has 1 amide bonds. The van der Waals surface area contributed by atoms with Crippen LogP contribution >= 0.6 is 0 Å². The average Bonchev–Trinajstić information content (AvgIpc) is 3.51. The third kappa shape index (κ3) is 10.1. The van der Waals surface area contributed by atoms with Gasteiger partial charge in [-0.05, 0) is 31.8 Å². The minimum Gasteiger partial charge on any atom is -0.478 e. The molecular formula is C20H31F3N4O6. The number of aliphatic carboxylic acids is 2. The number of nitrogens with two attached hydrogens (primary N) is 1. The number of hydrogen-bond acceptors (Lipinski definition) is 5. The van der Waals surface area contributed by atoms with E-state index in [0.29, 0.717) is 6.04 Å². The minimum atomic E-state index is -5.08. The molecule has 2 aliphatic rings. The summed E-state index contributed by atoms with van der Waals surface area (Å²) in [6, 6.07) is -0.621. The van der Waals surface area contributed by atoms with Gasteiger partial charge in [0.15, 0.2) is 5.96 Å². The van der Waals surface area contributed by atoms with Crippen LogP contribution in [0.5, 0.6) is 0 Å². The molecule has 2 aliphatic carbocycles. The van der Waals surface area contributed by atoms with Crippen molar-refractivity contribution >= 4 is 23.8 Å². The second-order valence-electron chi connectivity index (χ2n) is 7.77. The van der Waals surface area contributed by atoms with Crippen molar-refractivity contribution in [3.8, 4) is 0 Å². The van der Waals surface area contributed by atoms with E-state index in [0.717, 1.165) is 25.7 Å². The lowest BCUT2D eigenvalue weighted by Crippen LogP contribution is -2.54. The lowest BCUT2D eigenvalue weighted by Gasteiger charge is -2.36. The number of carbonyl (C=O) groups is 3. The van der Waals surface area contributed by atoms with Crippen molar-refractivity contribution in [1.29, 1.82) is 0 Å². The Morgan fingerprint density at radius 1 is 1.21 bits per heavy atom. The number of carboxylic acids is 2. The van der Waals surface area contributed by atoms with Crippen LogP contribution in [0.25, 0.3) is 0 Å². The summed E-state index contributed by atoms with van der Waals surface area (Å²) < 4.78 is 37.8. The quantitative estimate of drug-likeness (QED) is 0.258. The first-order chi connectivity index (χ1) is 15.3. The van der Waals surface area contributed by atoms with Gasteiger partial charge in [0.05, 0.1) is 24.3 Å². The topological polar surface area (TPSA) is 163 Å². The monoisotopic (exact) mass is 480 g/mol. The van der Waals surface area contributed by atoms with E-state index in [1.807, 2.05) is 13.8 Å². The maximum atomic E-state index is 11.7. The maximum absolute atomic E-state index is 11.7. The SMILES string of the molecule is CCC(CC)O[C@@H]1C=C(C(=O)O)C[C@H](N=C(N)NC2CC2)[C@H]1NC(C)=O.O=C(O)C(F)(F)F. The number of hydrogen-bond donors (Lipinski definition) is 5. The minimum absolute atomic E-state index is 0.0211. The van der Waals surface area contributed by atoms with Gasteiger partial charge >= 0.3 is 18.1 Å². The number of amides is 1. The van der Waals surface area contributed by atoms with E-state index in [9.17, 15) is 27.9 Å². The van der Waals surface area contributed by atoms with Crippen LogP contribution in [0.1, 0.15) is 52.9 Å². The summed E-state index contributed by atoms with van der Waals surface area (Å²) in [6.45, 7) is 5.45. The van der Waals surface area contributed by atoms with E-state index in [1.54, 1.807) is 6.08 Å². The molecule has 6 N–H and O–H groups in total. The first-order valence-corrected chi connectivity index (χ1v) is 10.5. The van der Waals surface area contributed by atoms with E-state index in [4.69, 9.17) is 20.4 Å². The molecule has 0 aliphatic heterocycles. The van der Waals surface area contributed by atoms with Crippen molar-refractivity contribution in [1.82, 2.24) is 10.6 Å². The fourth-order valence-electron chi connectivity index (χ4n) is 3.12. The number of nitrogens with zero attached hydrogens (tertiary/aromatic N) is 1. The van der Waals surface area contributed by atoms with Crippen LogP contribution < -0.4 is 16.4 Å². The van der Waals surface area contributed by atoms with Gasteiger partial charge in [-0.25, -0.2) is 14.6 Å². The summed E-state index contributed by atoms with van der Waals surface area (Å²) in [5, 5.41) is 22.6. The Bertz CT molecular complexity index is 763.